The van der Waals surface area contributed by atoms with Gasteiger partial charge in [-0.3, -0.25) is 0 Å². The van der Waals surface area contributed by atoms with E-state index in [0.29, 0.717) is 12.0 Å². The van der Waals surface area contributed by atoms with Crippen LogP contribution in [0, 0.1) is 12.8 Å². The minimum absolute atomic E-state index is 0.572. The van der Waals surface area contributed by atoms with Gasteiger partial charge in [-0.1, -0.05) is 13.8 Å². The maximum atomic E-state index is 4.22. The van der Waals surface area contributed by atoms with Crippen molar-refractivity contribution in [2.45, 2.75) is 40.3 Å². The first-order valence-electron chi connectivity index (χ1n) is 4.74. The predicted molar refractivity (Wildman–Crippen MR) is 58.0 cm³/mol. The molecule has 2 nitrogen and oxygen atoms in total. The van der Waals surface area contributed by atoms with Crippen molar-refractivity contribution in [3.05, 3.63) is 16.1 Å². The van der Waals surface area contributed by atoms with Gasteiger partial charge in [0.2, 0.25) is 0 Å². The van der Waals surface area contributed by atoms with Crippen LogP contribution in [0.2, 0.25) is 0 Å². The summed E-state index contributed by atoms with van der Waals surface area (Å²) < 4.78 is 0. The number of aromatic nitrogens is 1. The maximum Gasteiger partial charge on any atom is 0.0897 e. The van der Waals surface area contributed by atoms with Crippen LogP contribution in [0.4, 0.5) is 0 Å². The minimum atomic E-state index is 0.572. The van der Waals surface area contributed by atoms with Crippen molar-refractivity contribution in [3.8, 4) is 0 Å². The van der Waals surface area contributed by atoms with Crippen molar-refractivity contribution in [2.75, 3.05) is 0 Å². The highest BCUT2D eigenvalue weighted by Gasteiger charge is 2.06. The summed E-state index contributed by atoms with van der Waals surface area (Å²) in [6, 6.07) is 0.572. The first kappa shape index (κ1) is 10.7. The van der Waals surface area contributed by atoms with Gasteiger partial charge in [0.15, 0.2) is 0 Å². The highest BCUT2D eigenvalue weighted by atomic mass is 32.1. The van der Waals surface area contributed by atoms with Crippen molar-refractivity contribution in [3.63, 3.8) is 0 Å². The molecule has 0 radical (unpaired) electrons. The summed E-state index contributed by atoms with van der Waals surface area (Å²) in [5, 5.41) is 4.63. The van der Waals surface area contributed by atoms with Crippen LogP contribution in [0.3, 0.4) is 0 Å². The molecule has 3 heteroatoms. The van der Waals surface area contributed by atoms with Crippen molar-refractivity contribution in [1.29, 1.82) is 0 Å². The third-order valence-corrected chi connectivity index (χ3v) is 3.18. The molecule has 0 aliphatic heterocycles. The number of rotatable bonds is 4. The summed E-state index contributed by atoms with van der Waals surface area (Å²) in [6.45, 7) is 9.68. The Morgan fingerprint density at radius 3 is 2.62 bits per heavy atom. The second-order valence-electron chi connectivity index (χ2n) is 3.76. The smallest absolute Gasteiger partial charge is 0.0897 e. The molecule has 0 saturated carbocycles. The molecule has 0 aliphatic carbocycles. The molecule has 0 fully saturated rings. The van der Waals surface area contributed by atoms with Gasteiger partial charge in [-0.25, -0.2) is 4.98 Å². The quantitative estimate of drug-likeness (QED) is 0.804. The Labute approximate surface area is 84.4 Å². The molecule has 1 N–H and O–H groups in total. The zero-order valence-electron chi connectivity index (χ0n) is 8.79. The van der Waals surface area contributed by atoms with Gasteiger partial charge in [-0.05, 0) is 19.8 Å². The van der Waals surface area contributed by atoms with E-state index in [4.69, 9.17) is 0 Å². The number of hydrogen-bond donors (Lipinski definition) is 1. The predicted octanol–water partition coefficient (Wildman–Crippen LogP) is 2.59. The molecule has 1 heterocycles. The molecule has 1 atom stereocenters. The molecule has 1 unspecified atom stereocenters. The number of thiazole rings is 1. The first-order chi connectivity index (χ1) is 6.09. The normalized spacial score (nSPS) is 13.6. The second kappa shape index (κ2) is 4.72. The number of aryl methyl sites for hydroxylation is 1. The second-order valence-corrected chi connectivity index (χ2v) is 5.08. The lowest BCUT2D eigenvalue weighted by molar-refractivity contribution is 0.427. The summed E-state index contributed by atoms with van der Waals surface area (Å²) in [5.41, 5.74) is 0. The first-order valence-corrected chi connectivity index (χ1v) is 5.56. The average Bonchev–Trinajstić information content (AvgIpc) is 2.47. The van der Waals surface area contributed by atoms with Gasteiger partial charge in [-0.15, -0.1) is 11.3 Å². The van der Waals surface area contributed by atoms with Crippen LogP contribution < -0.4 is 5.32 Å². The van der Waals surface area contributed by atoms with E-state index < -0.39 is 0 Å². The molecule has 0 amide bonds. The zero-order valence-corrected chi connectivity index (χ0v) is 9.61. The Hall–Kier alpha value is -0.410. The van der Waals surface area contributed by atoms with Gasteiger partial charge in [0.05, 0.1) is 5.01 Å². The van der Waals surface area contributed by atoms with Crippen molar-refractivity contribution < 1.29 is 0 Å². The Morgan fingerprint density at radius 1 is 1.46 bits per heavy atom. The van der Waals surface area contributed by atoms with Gasteiger partial charge in [0.25, 0.3) is 0 Å². The molecular formula is C10H18N2S. The lowest BCUT2D eigenvalue weighted by Gasteiger charge is -2.16. The SMILES string of the molecule is Cc1ncc(CNC(C)C(C)C)s1. The minimum Gasteiger partial charge on any atom is -0.309 e. The summed E-state index contributed by atoms with van der Waals surface area (Å²) in [5.74, 6) is 0.689. The Bertz CT molecular complexity index is 255. The highest BCUT2D eigenvalue weighted by Crippen LogP contribution is 2.11. The maximum absolute atomic E-state index is 4.22. The third-order valence-electron chi connectivity index (χ3n) is 2.27. The number of nitrogens with one attached hydrogen (secondary N) is 1. The lowest BCUT2D eigenvalue weighted by Crippen LogP contribution is -2.29. The van der Waals surface area contributed by atoms with Gasteiger partial charge < -0.3 is 5.32 Å². The van der Waals surface area contributed by atoms with Crippen molar-refractivity contribution in [1.82, 2.24) is 10.3 Å². The van der Waals surface area contributed by atoms with E-state index in [2.05, 4.69) is 31.1 Å². The molecule has 1 rings (SSSR count). The number of hydrogen-bond acceptors (Lipinski definition) is 3. The molecule has 0 bridgehead atoms. The van der Waals surface area contributed by atoms with Gasteiger partial charge in [-0.2, -0.15) is 0 Å². The lowest BCUT2D eigenvalue weighted by atomic mass is 10.1. The Kier molecular flexibility index (Phi) is 3.88. The number of nitrogens with zero attached hydrogens (tertiary/aromatic N) is 1. The van der Waals surface area contributed by atoms with E-state index >= 15 is 0 Å². The van der Waals surface area contributed by atoms with Gasteiger partial charge >= 0.3 is 0 Å². The fourth-order valence-electron chi connectivity index (χ4n) is 0.984. The Morgan fingerprint density at radius 2 is 2.15 bits per heavy atom. The van der Waals surface area contributed by atoms with E-state index in [1.54, 1.807) is 11.3 Å². The summed E-state index contributed by atoms with van der Waals surface area (Å²) >= 11 is 1.77. The topological polar surface area (TPSA) is 24.9 Å². The monoisotopic (exact) mass is 198 g/mol. The fourth-order valence-corrected chi connectivity index (χ4v) is 1.73. The summed E-state index contributed by atoms with van der Waals surface area (Å²) in [7, 11) is 0. The van der Waals surface area contributed by atoms with E-state index in [1.165, 1.54) is 4.88 Å². The van der Waals surface area contributed by atoms with Gasteiger partial charge in [0, 0.05) is 23.7 Å². The van der Waals surface area contributed by atoms with Crippen LogP contribution in [0.25, 0.3) is 0 Å². The van der Waals surface area contributed by atoms with Crippen LogP contribution in [-0.4, -0.2) is 11.0 Å². The van der Waals surface area contributed by atoms with E-state index in [-0.39, 0.29) is 0 Å². The van der Waals surface area contributed by atoms with Gasteiger partial charge in [0.1, 0.15) is 0 Å². The van der Waals surface area contributed by atoms with Crippen LogP contribution in [0.5, 0.6) is 0 Å². The Balaban J connectivity index is 2.35. The van der Waals surface area contributed by atoms with Crippen LogP contribution in [0.15, 0.2) is 6.20 Å². The van der Waals surface area contributed by atoms with Crippen LogP contribution in [0.1, 0.15) is 30.7 Å². The molecule has 74 valence electrons. The van der Waals surface area contributed by atoms with E-state index in [1.807, 2.05) is 13.1 Å². The van der Waals surface area contributed by atoms with Crippen LogP contribution in [-0.2, 0) is 6.54 Å². The van der Waals surface area contributed by atoms with E-state index in [0.717, 1.165) is 11.6 Å². The zero-order chi connectivity index (χ0) is 9.84. The highest BCUT2D eigenvalue weighted by molar-refractivity contribution is 7.11. The van der Waals surface area contributed by atoms with E-state index in [9.17, 15) is 0 Å². The van der Waals surface area contributed by atoms with Crippen LogP contribution >= 0.6 is 11.3 Å². The molecule has 1 aromatic rings. The molecule has 0 aromatic carbocycles. The summed E-state index contributed by atoms with van der Waals surface area (Å²) in [4.78, 5) is 5.54. The summed E-state index contributed by atoms with van der Waals surface area (Å²) in [6.07, 6.45) is 1.96. The molecule has 0 aliphatic rings. The molecule has 0 saturated heterocycles. The van der Waals surface area contributed by atoms with Crippen molar-refractivity contribution >= 4 is 11.3 Å². The molecular weight excluding hydrogens is 180 g/mol. The molecule has 1 aromatic heterocycles. The molecule has 13 heavy (non-hydrogen) atoms. The molecule has 0 spiro atoms. The largest absolute Gasteiger partial charge is 0.309 e. The standard InChI is InChI=1S/C10H18N2S/c1-7(2)8(3)11-5-10-6-12-9(4)13-10/h6-8,11H,5H2,1-4H3. The fraction of sp³-hybridized carbons (Fsp3) is 0.700. The third kappa shape index (κ3) is 3.44. The average molecular weight is 198 g/mol. The van der Waals surface area contributed by atoms with Crippen molar-refractivity contribution in [2.24, 2.45) is 5.92 Å².